The third kappa shape index (κ3) is 2.87. The van der Waals surface area contributed by atoms with Crippen molar-refractivity contribution in [2.24, 2.45) is 0 Å². The zero-order valence-electron chi connectivity index (χ0n) is 7.84. The van der Waals surface area contributed by atoms with E-state index < -0.39 is 5.54 Å². The highest BCUT2D eigenvalue weighted by Gasteiger charge is 2.22. The zero-order valence-corrected chi connectivity index (χ0v) is 7.84. The molecule has 0 heterocycles. The quantitative estimate of drug-likeness (QED) is 0.611. The average Bonchev–Trinajstić information content (AvgIpc) is 2.09. The second-order valence-corrected chi connectivity index (χ2v) is 3.73. The van der Waals surface area contributed by atoms with Crippen LogP contribution in [0.4, 0.5) is 4.39 Å². The maximum absolute atomic E-state index is 12.5. The maximum atomic E-state index is 12.5. The summed E-state index contributed by atoms with van der Waals surface area (Å²) in [5, 5.41) is 0. The Morgan fingerprint density at radius 2 is 1.85 bits per heavy atom. The van der Waals surface area contributed by atoms with Crippen LogP contribution in [0.2, 0.25) is 0 Å². The van der Waals surface area contributed by atoms with Crippen LogP contribution < -0.4 is 0 Å². The Kier molecular flexibility index (Phi) is 2.67. The Balaban J connectivity index is 2.77. The van der Waals surface area contributed by atoms with Gasteiger partial charge >= 0.3 is 0 Å². The summed E-state index contributed by atoms with van der Waals surface area (Å²) in [5.74, 6) is -0.232. The molecular weight excluding hydrogens is 165 g/mol. The van der Waals surface area contributed by atoms with E-state index in [0.29, 0.717) is 6.42 Å². The van der Waals surface area contributed by atoms with Gasteiger partial charge in [0.15, 0.2) is 0 Å². The van der Waals surface area contributed by atoms with E-state index in [1.807, 2.05) is 13.8 Å². The topological polar surface area (TPSA) is 4.36 Å². The predicted molar refractivity (Wildman–Crippen MR) is 50.8 cm³/mol. The molecule has 0 fully saturated rings. The van der Waals surface area contributed by atoms with Crippen molar-refractivity contribution in [1.82, 2.24) is 0 Å². The van der Waals surface area contributed by atoms with Crippen molar-refractivity contribution in [3.8, 4) is 0 Å². The van der Waals surface area contributed by atoms with Gasteiger partial charge < -0.3 is 4.85 Å². The number of rotatable bonds is 2. The minimum atomic E-state index is -0.391. The molecule has 0 aliphatic rings. The van der Waals surface area contributed by atoms with Crippen LogP contribution in [0.3, 0.4) is 0 Å². The summed E-state index contributed by atoms with van der Waals surface area (Å²) in [7, 11) is 0. The summed E-state index contributed by atoms with van der Waals surface area (Å²) in [6.07, 6.45) is 0.663. The maximum Gasteiger partial charge on any atom is 0.231 e. The van der Waals surface area contributed by atoms with Crippen LogP contribution >= 0.6 is 0 Å². The molecule has 0 saturated carbocycles. The van der Waals surface area contributed by atoms with Gasteiger partial charge in [-0.3, -0.25) is 0 Å². The number of hydrogen-bond donors (Lipinski definition) is 0. The van der Waals surface area contributed by atoms with Gasteiger partial charge in [0.2, 0.25) is 5.54 Å². The second-order valence-electron chi connectivity index (χ2n) is 3.73. The molecule has 0 unspecified atom stereocenters. The molecule has 1 aromatic rings. The summed E-state index contributed by atoms with van der Waals surface area (Å²) < 4.78 is 12.5. The van der Waals surface area contributed by atoms with Gasteiger partial charge in [0, 0.05) is 13.8 Å². The van der Waals surface area contributed by atoms with Crippen molar-refractivity contribution in [2.75, 3.05) is 0 Å². The third-order valence-corrected chi connectivity index (χ3v) is 1.85. The molecule has 0 amide bonds. The molecular formula is C11H12FN. The standard InChI is InChI=1S/C11H12FN/c1-11(2,13-3)8-9-4-6-10(12)7-5-9/h4-7H,8H2,1-2H3. The lowest BCUT2D eigenvalue weighted by Gasteiger charge is -2.10. The minimum Gasteiger partial charge on any atom is -0.311 e. The molecule has 0 bridgehead atoms. The Bertz CT molecular complexity index is 319. The van der Waals surface area contributed by atoms with Crippen molar-refractivity contribution in [3.63, 3.8) is 0 Å². The lowest BCUT2D eigenvalue weighted by atomic mass is 9.96. The van der Waals surface area contributed by atoms with E-state index in [2.05, 4.69) is 4.85 Å². The Morgan fingerprint density at radius 3 is 2.31 bits per heavy atom. The van der Waals surface area contributed by atoms with Crippen LogP contribution in [0.1, 0.15) is 19.4 Å². The Labute approximate surface area is 78.0 Å². The lowest BCUT2D eigenvalue weighted by molar-refractivity contribution is 0.603. The molecule has 0 aliphatic carbocycles. The van der Waals surface area contributed by atoms with Gasteiger partial charge in [-0.05, 0) is 17.7 Å². The van der Waals surface area contributed by atoms with E-state index in [9.17, 15) is 4.39 Å². The molecule has 1 rings (SSSR count). The van der Waals surface area contributed by atoms with Gasteiger partial charge in [-0.15, -0.1) is 0 Å². The smallest absolute Gasteiger partial charge is 0.231 e. The highest BCUT2D eigenvalue weighted by molar-refractivity contribution is 5.19. The Hall–Kier alpha value is -1.36. The first-order valence-corrected chi connectivity index (χ1v) is 4.16. The van der Waals surface area contributed by atoms with Gasteiger partial charge in [-0.25, -0.2) is 11.0 Å². The third-order valence-electron chi connectivity index (χ3n) is 1.85. The molecule has 0 N–H and O–H groups in total. The summed E-state index contributed by atoms with van der Waals surface area (Å²) in [4.78, 5) is 3.49. The van der Waals surface area contributed by atoms with Crippen LogP contribution in [0, 0.1) is 12.4 Å². The average molecular weight is 177 g/mol. The molecule has 0 aromatic heterocycles. The summed E-state index contributed by atoms with van der Waals surface area (Å²) in [6, 6.07) is 6.30. The fraction of sp³-hybridized carbons (Fsp3) is 0.364. The van der Waals surface area contributed by atoms with Crippen LogP contribution in [0.15, 0.2) is 24.3 Å². The highest BCUT2D eigenvalue weighted by Crippen LogP contribution is 2.16. The number of hydrogen-bond acceptors (Lipinski definition) is 0. The van der Waals surface area contributed by atoms with Crippen LogP contribution in [0.5, 0.6) is 0 Å². The molecule has 0 saturated heterocycles. The van der Waals surface area contributed by atoms with E-state index in [1.165, 1.54) is 12.1 Å². The van der Waals surface area contributed by atoms with Crippen LogP contribution in [-0.4, -0.2) is 5.54 Å². The first-order chi connectivity index (χ1) is 6.03. The number of nitrogens with zero attached hydrogens (tertiary/aromatic N) is 1. The number of halogens is 1. The van der Waals surface area contributed by atoms with Gasteiger partial charge in [-0.1, -0.05) is 12.1 Å². The Morgan fingerprint density at radius 1 is 1.31 bits per heavy atom. The van der Waals surface area contributed by atoms with Gasteiger partial charge in [-0.2, -0.15) is 0 Å². The summed E-state index contributed by atoms with van der Waals surface area (Å²) >= 11 is 0. The molecule has 1 aromatic carbocycles. The summed E-state index contributed by atoms with van der Waals surface area (Å²) in [6.45, 7) is 10.7. The first kappa shape index (κ1) is 9.73. The molecule has 0 radical (unpaired) electrons. The van der Waals surface area contributed by atoms with Crippen molar-refractivity contribution >= 4 is 0 Å². The molecule has 0 spiro atoms. The normalized spacial score (nSPS) is 10.9. The second kappa shape index (κ2) is 3.57. The first-order valence-electron chi connectivity index (χ1n) is 4.16. The van der Waals surface area contributed by atoms with Gasteiger partial charge in [0.25, 0.3) is 0 Å². The van der Waals surface area contributed by atoms with Crippen LogP contribution in [-0.2, 0) is 6.42 Å². The fourth-order valence-electron chi connectivity index (χ4n) is 1.14. The molecule has 1 nitrogen and oxygen atoms in total. The van der Waals surface area contributed by atoms with Crippen molar-refractivity contribution in [1.29, 1.82) is 0 Å². The van der Waals surface area contributed by atoms with Gasteiger partial charge in [0.05, 0.1) is 6.42 Å². The highest BCUT2D eigenvalue weighted by atomic mass is 19.1. The largest absolute Gasteiger partial charge is 0.311 e. The molecule has 2 heteroatoms. The zero-order chi connectivity index (χ0) is 9.90. The van der Waals surface area contributed by atoms with Crippen LogP contribution in [0.25, 0.3) is 4.85 Å². The van der Waals surface area contributed by atoms with E-state index >= 15 is 0 Å². The molecule has 13 heavy (non-hydrogen) atoms. The molecule has 0 atom stereocenters. The monoisotopic (exact) mass is 177 g/mol. The van der Waals surface area contributed by atoms with E-state index in [-0.39, 0.29) is 5.82 Å². The minimum absolute atomic E-state index is 0.232. The van der Waals surface area contributed by atoms with E-state index in [1.54, 1.807) is 12.1 Å². The van der Waals surface area contributed by atoms with Gasteiger partial charge in [0.1, 0.15) is 5.82 Å². The fourth-order valence-corrected chi connectivity index (χ4v) is 1.14. The summed E-state index contributed by atoms with van der Waals surface area (Å²) in [5.41, 5.74) is 0.611. The van der Waals surface area contributed by atoms with Crippen molar-refractivity contribution < 1.29 is 4.39 Å². The SMILES string of the molecule is [C-]#[N+]C(C)(C)Cc1ccc(F)cc1. The van der Waals surface area contributed by atoms with Crippen molar-refractivity contribution in [3.05, 3.63) is 47.1 Å². The lowest BCUT2D eigenvalue weighted by Crippen LogP contribution is -2.17. The van der Waals surface area contributed by atoms with Crippen molar-refractivity contribution in [2.45, 2.75) is 25.8 Å². The number of benzene rings is 1. The van der Waals surface area contributed by atoms with E-state index in [0.717, 1.165) is 5.56 Å². The molecule has 0 aliphatic heterocycles. The van der Waals surface area contributed by atoms with E-state index in [4.69, 9.17) is 6.57 Å². The predicted octanol–water partition coefficient (Wildman–Crippen LogP) is 3.07. The molecule has 68 valence electrons.